The van der Waals surface area contributed by atoms with E-state index < -0.39 is 40.7 Å². The van der Waals surface area contributed by atoms with Gasteiger partial charge in [0.1, 0.15) is 5.92 Å². The summed E-state index contributed by atoms with van der Waals surface area (Å²) in [5.41, 5.74) is 3.74. The number of nitro benzene ring substituents is 1. The fourth-order valence-electron chi connectivity index (χ4n) is 7.37. The number of carbonyl (C=O) groups excluding carboxylic acids is 2. The summed E-state index contributed by atoms with van der Waals surface area (Å²) in [6, 6.07) is 26.9. The molecule has 1 saturated heterocycles. The number of nitrogens with zero attached hydrogens (tertiary/aromatic N) is 4. The Bertz CT molecular complexity index is 1560. The molecule has 3 aromatic carbocycles. The molecule has 10 nitrogen and oxygen atoms in total. The number of likely N-dealkylation sites (tertiary alicyclic amines) is 1. The van der Waals surface area contributed by atoms with E-state index in [1.807, 2.05) is 0 Å². The molecule has 3 aromatic rings. The van der Waals surface area contributed by atoms with Gasteiger partial charge in [-0.25, -0.2) is 0 Å². The lowest BCUT2D eigenvalue weighted by Crippen LogP contribution is -2.47. The minimum atomic E-state index is -0.867. The van der Waals surface area contributed by atoms with E-state index in [4.69, 9.17) is 19.5 Å². The van der Waals surface area contributed by atoms with Crippen molar-refractivity contribution in [1.82, 2.24) is 4.90 Å². The molecule has 0 N–H and O–H groups in total. The van der Waals surface area contributed by atoms with Crippen molar-refractivity contribution in [3.63, 3.8) is 0 Å². The molecule has 0 bridgehead atoms. The van der Waals surface area contributed by atoms with Crippen molar-refractivity contribution in [2.24, 2.45) is 21.8 Å². The van der Waals surface area contributed by atoms with Crippen molar-refractivity contribution in [3.8, 4) is 0 Å². The first kappa shape index (κ1) is 34.6. The van der Waals surface area contributed by atoms with E-state index in [9.17, 15) is 19.7 Å². The van der Waals surface area contributed by atoms with Crippen LogP contribution in [0.3, 0.4) is 0 Å². The highest BCUT2D eigenvalue weighted by molar-refractivity contribution is 6.04. The zero-order valence-electron chi connectivity index (χ0n) is 27.9. The van der Waals surface area contributed by atoms with E-state index >= 15 is 0 Å². The molecule has 10 heteroatoms. The Kier molecular flexibility index (Phi) is 11.5. The van der Waals surface area contributed by atoms with Gasteiger partial charge in [-0.1, -0.05) is 72.8 Å². The summed E-state index contributed by atoms with van der Waals surface area (Å²) in [6.45, 7) is 7.05. The number of nitro groups is 1. The van der Waals surface area contributed by atoms with Crippen LogP contribution in [0, 0.1) is 22.0 Å². The number of benzene rings is 3. The monoisotopic (exact) mass is 652 g/mol. The SMILES string of the molecule is CCOC(=O)C1C(C=NCCCN2CCC(c3ccccc3)(c3ccccc3)CC2)N=C(C)C(C(=O)OC)C1c1ccc([N+](=O)[O-])cc1. The van der Waals surface area contributed by atoms with Gasteiger partial charge in [0, 0.05) is 41.9 Å². The van der Waals surface area contributed by atoms with Gasteiger partial charge < -0.3 is 14.4 Å². The van der Waals surface area contributed by atoms with E-state index in [1.54, 1.807) is 32.2 Å². The Balaban J connectivity index is 1.28. The molecule has 0 spiro atoms. The summed E-state index contributed by atoms with van der Waals surface area (Å²) in [5, 5.41) is 11.3. The smallest absolute Gasteiger partial charge is 0.315 e. The van der Waals surface area contributed by atoms with Crippen LogP contribution >= 0.6 is 0 Å². The van der Waals surface area contributed by atoms with E-state index in [1.165, 1.54) is 30.4 Å². The van der Waals surface area contributed by atoms with Gasteiger partial charge in [0.05, 0.1) is 30.6 Å². The van der Waals surface area contributed by atoms with Crippen molar-refractivity contribution in [2.45, 2.75) is 50.5 Å². The van der Waals surface area contributed by atoms with Gasteiger partial charge in [0.15, 0.2) is 0 Å². The minimum absolute atomic E-state index is 0.00159. The highest BCUT2D eigenvalue weighted by Crippen LogP contribution is 2.43. The molecule has 48 heavy (non-hydrogen) atoms. The van der Waals surface area contributed by atoms with Crippen molar-refractivity contribution in [3.05, 3.63) is 112 Å². The average molecular weight is 653 g/mol. The van der Waals surface area contributed by atoms with Crippen molar-refractivity contribution in [1.29, 1.82) is 0 Å². The number of methoxy groups -OCH3 is 1. The Morgan fingerprint density at radius 3 is 2.12 bits per heavy atom. The van der Waals surface area contributed by atoms with Crippen LogP contribution in [-0.4, -0.2) is 79.6 Å². The number of ether oxygens (including phenoxy) is 2. The first-order chi connectivity index (χ1) is 23.3. The molecule has 1 fully saturated rings. The Morgan fingerprint density at radius 2 is 1.58 bits per heavy atom. The Hall–Kier alpha value is -4.70. The van der Waals surface area contributed by atoms with Crippen LogP contribution in [0.25, 0.3) is 0 Å². The number of aliphatic imine (C=N–C) groups is 2. The lowest BCUT2D eigenvalue weighted by atomic mass is 9.68. The van der Waals surface area contributed by atoms with Crippen molar-refractivity contribution >= 4 is 29.6 Å². The van der Waals surface area contributed by atoms with Gasteiger partial charge in [-0.15, -0.1) is 0 Å². The topological polar surface area (TPSA) is 124 Å². The zero-order valence-corrected chi connectivity index (χ0v) is 27.9. The van der Waals surface area contributed by atoms with Crippen LogP contribution in [-0.2, 0) is 24.5 Å². The summed E-state index contributed by atoms with van der Waals surface area (Å²) in [4.78, 5) is 49.3. The van der Waals surface area contributed by atoms with Gasteiger partial charge in [0.25, 0.3) is 5.69 Å². The highest BCUT2D eigenvalue weighted by Gasteiger charge is 2.48. The first-order valence-electron chi connectivity index (χ1n) is 16.7. The van der Waals surface area contributed by atoms with Gasteiger partial charge in [0.2, 0.25) is 0 Å². The molecule has 2 aliphatic heterocycles. The third kappa shape index (κ3) is 7.54. The third-order valence-corrected chi connectivity index (χ3v) is 9.80. The van der Waals surface area contributed by atoms with Gasteiger partial charge >= 0.3 is 11.9 Å². The average Bonchev–Trinajstić information content (AvgIpc) is 3.12. The predicted octanol–water partition coefficient (Wildman–Crippen LogP) is 6.03. The summed E-state index contributed by atoms with van der Waals surface area (Å²) >= 11 is 0. The van der Waals surface area contributed by atoms with Crippen molar-refractivity contribution < 1.29 is 24.0 Å². The van der Waals surface area contributed by atoms with E-state index in [2.05, 4.69) is 65.6 Å². The second kappa shape index (κ2) is 15.9. The summed E-state index contributed by atoms with van der Waals surface area (Å²) in [6.07, 6.45) is 4.61. The molecule has 5 rings (SSSR count). The van der Waals surface area contributed by atoms with E-state index in [0.717, 1.165) is 38.9 Å². The van der Waals surface area contributed by atoms with Gasteiger partial charge in [-0.3, -0.25) is 29.7 Å². The number of rotatable bonds is 12. The molecule has 4 unspecified atom stereocenters. The molecule has 252 valence electrons. The largest absolute Gasteiger partial charge is 0.468 e. The van der Waals surface area contributed by atoms with Crippen LogP contribution in [0.1, 0.15) is 55.7 Å². The summed E-state index contributed by atoms with van der Waals surface area (Å²) in [7, 11) is 1.29. The quantitative estimate of drug-likeness (QED) is 0.0769. The maximum absolute atomic E-state index is 13.5. The number of hydrogen-bond acceptors (Lipinski definition) is 9. The minimum Gasteiger partial charge on any atom is -0.468 e. The van der Waals surface area contributed by atoms with Crippen LogP contribution < -0.4 is 0 Å². The molecular weight excluding hydrogens is 608 g/mol. The fourth-order valence-corrected chi connectivity index (χ4v) is 7.37. The molecule has 0 amide bonds. The summed E-state index contributed by atoms with van der Waals surface area (Å²) < 4.78 is 10.6. The maximum atomic E-state index is 13.5. The lowest BCUT2D eigenvalue weighted by molar-refractivity contribution is -0.384. The van der Waals surface area contributed by atoms with E-state index in [0.29, 0.717) is 17.8 Å². The van der Waals surface area contributed by atoms with E-state index in [-0.39, 0.29) is 17.7 Å². The molecule has 2 heterocycles. The molecular formula is C38H44N4O6. The van der Waals surface area contributed by atoms with Crippen LogP contribution in [0.4, 0.5) is 5.69 Å². The number of hydrogen-bond donors (Lipinski definition) is 0. The van der Waals surface area contributed by atoms with Crippen LogP contribution in [0.15, 0.2) is 94.9 Å². The second-order valence-electron chi connectivity index (χ2n) is 12.5. The number of non-ortho nitro benzene ring substituents is 1. The highest BCUT2D eigenvalue weighted by atomic mass is 16.6. The molecule has 2 aliphatic rings. The molecule has 0 saturated carbocycles. The zero-order chi connectivity index (χ0) is 34.1. The number of carbonyl (C=O) groups is 2. The summed E-state index contributed by atoms with van der Waals surface area (Å²) in [5.74, 6) is -3.46. The second-order valence-corrected chi connectivity index (χ2v) is 12.5. The normalized spacial score (nSPS) is 22.5. The molecule has 0 aliphatic carbocycles. The lowest BCUT2D eigenvalue weighted by Gasteiger charge is -2.43. The molecule has 4 atom stereocenters. The molecule has 0 aromatic heterocycles. The van der Waals surface area contributed by atoms with Gasteiger partial charge in [-0.2, -0.15) is 0 Å². The third-order valence-electron chi connectivity index (χ3n) is 9.80. The Morgan fingerprint density at radius 1 is 0.979 bits per heavy atom. The van der Waals surface area contributed by atoms with Gasteiger partial charge in [-0.05, 0) is 69.4 Å². The predicted molar refractivity (Wildman–Crippen MR) is 186 cm³/mol. The van der Waals surface area contributed by atoms with Crippen LogP contribution in [0.2, 0.25) is 0 Å². The Labute approximate surface area is 282 Å². The number of piperidine rings is 1. The first-order valence-corrected chi connectivity index (χ1v) is 16.7. The number of esters is 2. The maximum Gasteiger partial charge on any atom is 0.315 e. The van der Waals surface area contributed by atoms with Crippen LogP contribution in [0.5, 0.6) is 0 Å². The van der Waals surface area contributed by atoms with Crippen molar-refractivity contribution in [2.75, 3.05) is 39.9 Å². The fraction of sp³-hybridized carbons (Fsp3) is 0.421. The molecule has 0 radical (unpaired) electrons. The standard InChI is InChI=1S/C38H44N4O6/c1-4-48-37(44)35-32(40-27(2)33(36(43)47-3)34(35)28-16-18-31(19-17-28)42(45)46)26-39-22-11-23-41-24-20-38(21-25-41,29-12-7-5-8-13-29)30-14-9-6-10-15-30/h5-10,12-19,26,32-35H,4,11,20-25H2,1-3H3.